The normalized spacial score (nSPS) is 29.0. The van der Waals surface area contributed by atoms with Gasteiger partial charge in [-0.15, -0.1) is 0 Å². The van der Waals surface area contributed by atoms with Crippen LogP contribution in [0.4, 0.5) is 0 Å². The van der Waals surface area contributed by atoms with Crippen molar-refractivity contribution in [3.8, 4) is 0 Å². The van der Waals surface area contributed by atoms with E-state index in [2.05, 4.69) is 13.8 Å². The van der Waals surface area contributed by atoms with Crippen LogP contribution in [-0.2, 0) is 4.79 Å². The lowest BCUT2D eigenvalue weighted by Gasteiger charge is -2.39. The largest absolute Gasteiger partial charge is 0.337 e. The number of amides is 1. The summed E-state index contributed by atoms with van der Waals surface area (Å²) in [6.45, 7) is 4.73. The Morgan fingerprint density at radius 1 is 1.38 bits per heavy atom. The molecular weight excluding hydrogens is 164 g/mol. The monoisotopic (exact) mass is 184 g/mol. The van der Waals surface area contributed by atoms with Crippen LogP contribution < -0.4 is 5.73 Å². The Bertz CT molecular complexity index is 172. The van der Waals surface area contributed by atoms with Gasteiger partial charge in [-0.1, -0.05) is 0 Å². The van der Waals surface area contributed by atoms with Crippen molar-refractivity contribution in [2.24, 2.45) is 5.73 Å². The molecule has 0 unspecified atom stereocenters. The van der Waals surface area contributed by atoms with E-state index < -0.39 is 0 Å². The first-order chi connectivity index (χ1) is 6.16. The average molecular weight is 184 g/mol. The molecule has 0 aromatic rings. The molecule has 1 aliphatic rings. The number of nitrogens with two attached hydrogens (primary N) is 1. The van der Waals surface area contributed by atoms with Gasteiger partial charge >= 0.3 is 0 Å². The van der Waals surface area contributed by atoms with Gasteiger partial charge in [0.05, 0.1) is 0 Å². The van der Waals surface area contributed by atoms with Crippen LogP contribution in [-0.4, -0.2) is 29.4 Å². The van der Waals surface area contributed by atoms with Gasteiger partial charge in [-0.25, -0.2) is 0 Å². The van der Waals surface area contributed by atoms with Crippen molar-refractivity contribution in [1.29, 1.82) is 0 Å². The van der Waals surface area contributed by atoms with Crippen molar-refractivity contribution in [3.05, 3.63) is 0 Å². The van der Waals surface area contributed by atoms with E-state index in [0.717, 1.165) is 12.8 Å². The van der Waals surface area contributed by atoms with E-state index in [1.165, 1.54) is 6.42 Å². The molecule has 0 spiro atoms. The van der Waals surface area contributed by atoms with Crippen molar-refractivity contribution in [2.45, 2.75) is 51.6 Å². The van der Waals surface area contributed by atoms with E-state index in [9.17, 15) is 4.79 Å². The molecule has 0 aromatic heterocycles. The van der Waals surface area contributed by atoms with Crippen molar-refractivity contribution >= 4 is 5.91 Å². The van der Waals surface area contributed by atoms with Crippen LogP contribution in [0.15, 0.2) is 0 Å². The average Bonchev–Trinajstić information content (AvgIpc) is 2.04. The SMILES string of the molecule is C[C@@H]1CCC[C@H](C)N1C(=O)CCN. The van der Waals surface area contributed by atoms with Gasteiger partial charge in [0.1, 0.15) is 0 Å². The van der Waals surface area contributed by atoms with Gasteiger partial charge in [0.15, 0.2) is 0 Å². The third kappa shape index (κ3) is 2.44. The Labute approximate surface area is 80.3 Å². The Hall–Kier alpha value is -0.570. The Morgan fingerprint density at radius 2 is 1.92 bits per heavy atom. The zero-order chi connectivity index (χ0) is 9.84. The molecule has 1 rings (SSSR count). The van der Waals surface area contributed by atoms with Gasteiger partial charge in [0.25, 0.3) is 0 Å². The fourth-order valence-electron chi connectivity index (χ4n) is 2.17. The van der Waals surface area contributed by atoms with Crippen LogP contribution in [0, 0.1) is 0 Å². The summed E-state index contributed by atoms with van der Waals surface area (Å²) in [6, 6.07) is 0.811. The summed E-state index contributed by atoms with van der Waals surface area (Å²) in [5, 5.41) is 0. The summed E-state index contributed by atoms with van der Waals surface area (Å²) in [6.07, 6.45) is 4.02. The number of hydrogen-bond donors (Lipinski definition) is 1. The maximum Gasteiger partial charge on any atom is 0.224 e. The molecule has 1 heterocycles. The van der Waals surface area contributed by atoms with Crippen LogP contribution in [0.3, 0.4) is 0 Å². The highest BCUT2D eigenvalue weighted by atomic mass is 16.2. The Kier molecular flexibility index (Phi) is 3.72. The molecule has 2 atom stereocenters. The number of nitrogens with zero attached hydrogens (tertiary/aromatic N) is 1. The second-order valence-electron chi connectivity index (χ2n) is 3.97. The predicted octanol–water partition coefficient (Wildman–Crippen LogP) is 1.12. The van der Waals surface area contributed by atoms with Gasteiger partial charge in [-0.2, -0.15) is 0 Å². The second-order valence-corrected chi connectivity index (χ2v) is 3.97. The van der Waals surface area contributed by atoms with E-state index in [4.69, 9.17) is 5.73 Å². The first-order valence-electron chi connectivity index (χ1n) is 5.18. The highest BCUT2D eigenvalue weighted by Gasteiger charge is 2.27. The third-order valence-electron chi connectivity index (χ3n) is 2.84. The molecule has 1 amide bonds. The first-order valence-corrected chi connectivity index (χ1v) is 5.18. The fraction of sp³-hybridized carbons (Fsp3) is 0.900. The minimum atomic E-state index is 0.224. The molecule has 0 saturated carbocycles. The molecule has 1 aliphatic heterocycles. The van der Waals surface area contributed by atoms with E-state index >= 15 is 0 Å². The van der Waals surface area contributed by atoms with Crippen molar-refractivity contribution in [3.63, 3.8) is 0 Å². The minimum absolute atomic E-state index is 0.224. The van der Waals surface area contributed by atoms with Gasteiger partial charge in [-0.05, 0) is 33.1 Å². The quantitative estimate of drug-likeness (QED) is 0.699. The predicted molar refractivity (Wildman–Crippen MR) is 53.3 cm³/mol. The second kappa shape index (κ2) is 4.61. The summed E-state index contributed by atoms with van der Waals surface area (Å²) in [5.41, 5.74) is 5.38. The number of carbonyl (C=O) groups is 1. The van der Waals surface area contributed by atoms with Gasteiger partial charge in [0.2, 0.25) is 5.91 Å². The Balaban J connectivity index is 2.57. The summed E-state index contributed by atoms with van der Waals surface area (Å²) in [4.78, 5) is 13.7. The number of likely N-dealkylation sites (tertiary alicyclic amines) is 1. The van der Waals surface area contributed by atoms with Gasteiger partial charge in [-0.3, -0.25) is 4.79 Å². The highest BCUT2D eigenvalue weighted by molar-refractivity contribution is 5.77. The minimum Gasteiger partial charge on any atom is -0.337 e. The zero-order valence-electron chi connectivity index (χ0n) is 8.62. The maximum absolute atomic E-state index is 11.7. The summed E-state index contributed by atoms with van der Waals surface area (Å²) < 4.78 is 0. The number of piperidine rings is 1. The van der Waals surface area contributed by atoms with Crippen molar-refractivity contribution < 1.29 is 4.79 Å². The molecule has 2 N–H and O–H groups in total. The van der Waals surface area contributed by atoms with Crippen LogP contribution in [0.2, 0.25) is 0 Å². The standard InChI is InChI=1S/C10H20N2O/c1-8-4-3-5-9(2)12(8)10(13)6-7-11/h8-9H,3-7,11H2,1-2H3/t8-,9+. The fourth-order valence-corrected chi connectivity index (χ4v) is 2.17. The number of hydrogen-bond acceptors (Lipinski definition) is 2. The smallest absolute Gasteiger partial charge is 0.224 e. The summed E-state index contributed by atoms with van der Waals surface area (Å²) in [7, 11) is 0. The maximum atomic E-state index is 11.7. The Morgan fingerprint density at radius 3 is 2.38 bits per heavy atom. The molecule has 0 aromatic carbocycles. The van der Waals surface area contributed by atoms with E-state index in [-0.39, 0.29) is 5.91 Å². The lowest BCUT2D eigenvalue weighted by Crippen LogP contribution is -2.47. The van der Waals surface area contributed by atoms with Crippen LogP contribution >= 0.6 is 0 Å². The summed E-state index contributed by atoms with van der Waals surface area (Å²) >= 11 is 0. The molecule has 0 aliphatic carbocycles. The lowest BCUT2D eigenvalue weighted by atomic mass is 9.97. The molecule has 13 heavy (non-hydrogen) atoms. The zero-order valence-corrected chi connectivity index (χ0v) is 8.62. The van der Waals surface area contributed by atoms with E-state index in [0.29, 0.717) is 25.0 Å². The van der Waals surface area contributed by atoms with Crippen LogP contribution in [0.1, 0.15) is 39.5 Å². The van der Waals surface area contributed by atoms with E-state index in [1.54, 1.807) is 0 Å². The molecule has 3 nitrogen and oxygen atoms in total. The molecule has 1 fully saturated rings. The number of carbonyl (C=O) groups excluding carboxylic acids is 1. The number of rotatable bonds is 2. The van der Waals surface area contributed by atoms with E-state index in [1.807, 2.05) is 4.90 Å². The molecule has 0 bridgehead atoms. The summed E-state index contributed by atoms with van der Waals surface area (Å²) in [5.74, 6) is 0.224. The molecule has 76 valence electrons. The highest BCUT2D eigenvalue weighted by Crippen LogP contribution is 2.22. The van der Waals surface area contributed by atoms with Gasteiger partial charge in [0, 0.05) is 25.0 Å². The van der Waals surface area contributed by atoms with Gasteiger partial charge < -0.3 is 10.6 Å². The van der Waals surface area contributed by atoms with Crippen molar-refractivity contribution in [2.75, 3.05) is 6.54 Å². The lowest BCUT2D eigenvalue weighted by molar-refractivity contribution is -0.137. The molecule has 3 heteroatoms. The van der Waals surface area contributed by atoms with Crippen LogP contribution in [0.5, 0.6) is 0 Å². The van der Waals surface area contributed by atoms with Crippen LogP contribution in [0.25, 0.3) is 0 Å². The van der Waals surface area contributed by atoms with Crippen molar-refractivity contribution in [1.82, 2.24) is 4.90 Å². The third-order valence-corrected chi connectivity index (χ3v) is 2.84. The first kappa shape index (κ1) is 10.5. The molecule has 0 radical (unpaired) electrons. The topological polar surface area (TPSA) is 46.3 Å². The molecular formula is C10H20N2O. The molecule has 1 saturated heterocycles.